The van der Waals surface area contributed by atoms with Gasteiger partial charge in [-0.1, -0.05) is 138 Å². The third-order valence-electron chi connectivity index (χ3n) is 12.0. The monoisotopic (exact) mass is 712 g/mol. The molecule has 268 valence electrons. The Labute approximate surface area is 323 Å². The second-order valence-electron chi connectivity index (χ2n) is 16.3. The van der Waals surface area contributed by atoms with Crippen molar-refractivity contribution >= 4 is 66.7 Å². The molecule has 10 rings (SSSR count). The number of nitrogens with zero attached hydrogens (tertiary/aromatic N) is 2. The van der Waals surface area contributed by atoms with Gasteiger partial charge < -0.3 is 13.9 Å². The van der Waals surface area contributed by atoms with Crippen LogP contribution in [-0.2, 0) is 0 Å². The molecule has 0 atom stereocenters. The molecule has 0 N–H and O–H groups in total. The third kappa shape index (κ3) is 5.18. The summed E-state index contributed by atoms with van der Waals surface area (Å²) in [7, 11) is 0. The highest BCUT2D eigenvalue weighted by molar-refractivity contribution is 6.97. The van der Waals surface area contributed by atoms with E-state index in [2.05, 4.69) is 196 Å². The number of hydrogen-bond donors (Lipinski definition) is 0. The molecule has 4 heteroatoms. The van der Waals surface area contributed by atoms with Crippen LogP contribution >= 0.6 is 0 Å². The van der Waals surface area contributed by atoms with E-state index in [1.807, 2.05) is 0 Å². The van der Waals surface area contributed by atoms with Gasteiger partial charge >= 0.3 is 0 Å². The molecule has 0 saturated carbocycles. The molecule has 0 spiro atoms. The van der Waals surface area contributed by atoms with Crippen LogP contribution in [0.5, 0.6) is 11.5 Å². The molecule has 1 aliphatic heterocycles. The van der Waals surface area contributed by atoms with Crippen LogP contribution in [-0.4, -0.2) is 15.8 Å². The van der Waals surface area contributed by atoms with Gasteiger partial charge in [-0.2, -0.15) is 0 Å². The van der Waals surface area contributed by atoms with Gasteiger partial charge in [0.05, 0.1) is 22.1 Å². The van der Waals surface area contributed by atoms with Crippen LogP contribution in [0.3, 0.4) is 0 Å². The molecule has 0 unspecified atom stereocenters. The fraction of sp³-hybridized carbons (Fsp3) is 0.176. The summed E-state index contributed by atoms with van der Waals surface area (Å²) in [6, 6.07) is 53.8. The molecule has 9 aromatic rings. The van der Waals surface area contributed by atoms with Gasteiger partial charge in [0, 0.05) is 39.0 Å². The molecule has 3 heterocycles. The van der Waals surface area contributed by atoms with Crippen LogP contribution in [0.25, 0.3) is 55.0 Å². The van der Waals surface area contributed by atoms with Gasteiger partial charge in [-0.3, -0.25) is 0 Å². The molecule has 0 aliphatic carbocycles. The van der Waals surface area contributed by atoms with Crippen LogP contribution in [0.2, 0.25) is 0 Å². The van der Waals surface area contributed by atoms with Crippen molar-refractivity contribution in [1.29, 1.82) is 0 Å². The zero-order chi connectivity index (χ0) is 37.5. The number of fused-ring (bicyclic) bond motifs is 8. The summed E-state index contributed by atoms with van der Waals surface area (Å²) in [6.07, 6.45) is 0. The molecule has 1 aliphatic rings. The Bertz CT molecular complexity index is 2880. The minimum absolute atomic E-state index is 0.0666. The van der Waals surface area contributed by atoms with Crippen molar-refractivity contribution in [2.45, 2.75) is 59.3 Å². The minimum atomic E-state index is 0.0666. The Kier molecular flexibility index (Phi) is 7.82. The lowest BCUT2D eigenvalue weighted by Crippen LogP contribution is -2.57. The third-order valence-corrected chi connectivity index (χ3v) is 12.0. The first-order valence-electron chi connectivity index (χ1n) is 19.9. The number of ether oxygens (including phenoxy) is 1. The molecule has 7 aromatic carbocycles. The van der Waals surface area contributed by atoms with Crippen molar-refractivity contribution < 1.29 is 4.74 Å². The lowest BCUT2D eigenvalue weighted by molar-refractivity contribution is 0.487. The Hall–Kier alpha value is -6.00. The van der Waals surface area contributed by atoms with Crippen molar-refractivity contribution in [1.82, 2.24) is 9.13 Å². The summed E-state index contributed by atoms with van der Waals surface area (Å²) < 4.78 is 11.7. The highest BCUT2D eigenvalue weighted by Crippen LogP contribution is 2.38. The molecule has 0 radical (unpaired) electrons. The highest BCUT2D eigenvalue weighted by atomic mass is 16.5. The summed E-state index contributed by atoms with van der Waals surface area (Å²) in [5.41, 5.74) is 15.2. The number of aromatic nitrogens is 2. The molecule has 0 bridgehead atoms. The van der Waals surface area contributed by atoms with Gasteiger partial charge in [0.25, 0.3) is 6.71 Å². The number of benzene rings is 7. The smallest absolute Gasteiger partial charge is 0.251 e. The molecule has 2 aromatic heterocycles. The summed E-state index contributed by atoms with van der Waals surface area (Å²) in [5, 5.41) is 5.00. The molecule has 0 fully saturated rings. The van der Waals surface area contributed by atoms with Crippen molar-refractivity contribution in [3.8, 4) is 22.9 Å². The Morgan fingerprint density at radius 1 is 0.418 bits per heavy atom. The van der Waals surface area contributed by atoms with Gasteiger partial charge in [0.1, 0.15) is 11.5 Å². The van der Waals surface area contributed by atoms with Crippen LogP contribution in [0.1, 0.15) is 76.0 Å². The van der Waals surface area contributed by atoms with E-state index in [1.165, 1.54) is 76.7 Å². The normalized spacial score (nSPS) is 12.8. The maximum absolute atomic E-state index is 6.89. The molecule has 0 amide bonds. The minimum Gasteiger partial charge on any atom is -0.458 e. The second-order valence-corrected chi connectivity index (χ2v) is 16.3. The molecule has 55 heavy (non-hydrogen) atoms. The highest BCUT2D eigenvalue weighted by Gasteiger charge is 2.36. The van der Waals surface area contributed by atoms with Crippen LogP contribution in [0.4, 0.5) is 0 Å². The summed E-state index contributed by atoms with van der Waals surface area (Å²) in [5.74, 6) is 3.09. The maximum atomic E-state index is 6.89. The second kappa shape index (κ2) is 12.8. The van der Waals surface area contributed by atoms with Crippen molar-refractivity contribution in [3.63, 3.8) is 0 Å². The zero-order valence-corrected chi connectivity index (χ0v) is 32.5. The van der Waals surface area contributed by atoms with Crippen LogP contribution < -0.4 is 21.1 Å². The summed E-state index contributed by atoms with van der Waals surface area (Å²) >= 11 is 0. The van der Waals surface area contributed by atoms with E-state index >= 15 is 0 Å². The number of para-hydroxylation sites is 4. The van der Waals surface area contributed by atoms with Gasteiger partial charge in [-0.05, 0) is 93.9 Å². The summed E-state index contributed by atoms with van der Waals surface area (Å²) in [6.45, 7) is 14.1. The van der Waals surface area contributed by atoms with E-state index in [4.69, 9.17) is 4.74 Å². The van der Waals surface area contributed by atoms with Gasteiger partial charge in [0.15, 0.2) is 0 Å². The lowest BCUT2D eigenvalue weighted by Gasteiger charge is -2.32. The van der Waals surface area contributed by atoms with E-state index in [-0.39, 0.29) is 6.71 Å². The lowest BCUT2D eigenvalue weighted by atomic mass is 9.34. The predicted octanol–water partition coefficient (Wildman–Crippen LogP) is 11.9. The Balaban J connectivity index is 1.18. The Morgan fingerprint density at radius 3 is 1.47 bits per heavy atom. The van der Waals surface area contributed by atoms with Crippen LogP contribution in [0.15, 0.2) is 146 Å². The Morgan fingerprint density at radius 2 is 0.891 bits per heavy atom. The first kappa shape index (κ1) is 33.6. The fourth-order valence-electron chi connectivity index (χ4n) is 9.32. The first-order chi connectivity index (χ1) is 26.8. The zero-order valence-electron chi connectivity index (χ0n) is 32.5. The topological polar surface area (TPSA) is 19.1 Å². The molecular formula is C51H45BN2O. The quantitative estimate of drug-likeness (QED) is 0.157. The molecule has 0 saturated heterocycles. The van der Waals surface area contributed by atoms with Gasteiger partial charge in [-0.25, -0.2) is 0 Å². The van der Waals surface area contributed by atoms with E-state index in [0.717, 1.165) is 22.9 Å². The molecular weight excluding hydrogens is 667 g/mol. The van der Waals surface area contributed by atoms with Gasteiger partial charge in [-0.15, -0.1) is 0 Å². The SMILES string of the molecule is CC(C)c1cc(C(C)C)c(B2c3ccccc3Oc3cc(-n4c5ccccc5c5cc(-n6c7ccccc7c7ccccc76)ccc54)ccc32)c(C(C)C)c1. The fourth-order valence-corrected chi connectivity index (χ4v) is 9.32. The van der Waals surface area contributed by atoms with E-state index in [9.17, 15) is 0 Å². The standard InChI is InChI=1S/C51H45BN2O/c1-31(2)34-27-40(32(3)4)51(41(28-34)33(5)6)52-43-18-10-14-22-49(43)55-50-30-36(23-25-44(50)52)54-47-21-13-9-17-39(47)42-29-35(24-26-48(42)54)53-45-19-11-7-15-37(45)38-16-8-12-20-46(38)53/h7-33H,1-6H3. The average Bonchev–Trinajstić information content (AvgIpc) is 3.72. The number of rotatable bonds is 6. The summed E-state index contributed by atoms with van der Waals surface area (Å²) in [4.78, 5) is 0. The predicted molar refractivity (Wildman–Crippen MR) is 235 cm³/mol. The van der Waals surface area contributed by atoms with Crippen LogP contribution in [0, 0.1) is 0 Å². The van der Waals surface area contributed by atoms with Crippen molar-refractivity contribution in [3.05, 3.63) is 162 Å². The van der Waals surface area contributed by atoms with Crippen molar-refractivity contribution in [2.75, 3.05) is 0 Å². The maximum Gasteiger partial charge on any atom is 0.251 e. The van der Waals surface area contributed by atoms with E-state index in [1.54, 1.807) is 0 Å². The average molecular weight is 713 g/mol. The van der Waals surface area contributed by atoms with E-state index < -0.39 is 0 Å². The molecule has 3 nitrogen and oxygen atoms in total. The van der Waals surface area contributed by atoms with Crippen molar-refractivity contribution in [2.24, 2.45) is 0 Å². The first-order valence-corrected chi connectivity index (χ1v) is 19.9. The van der Waals surface area contributed by atoms with E-state index in [0.29, 0.717) is 17.8 Å². The van der Waals surface area contributed by atoms with Gasteiger partial charge in [0.2, 0.25) is 0 Å². The largest absolute Gasteiger partial charge is 0.458 e. The number of hydrogen-bond acceptors (Lipinski definition) is 1.